The second kappa shape index (κ2) is 8.61. The summed E-state index contributed by atoms with van der Waals surface area (Å²) in [4.78, 5) is 11.4. The van der Waals surface area contributed by atoms with Crippen molar-refractivity contribution in [2.75, 3.05) is 12.4 Å². The Labute approximate surface area is 90.7 Å². The summed E-state index contributed by atoms with van der Waals surface area (Å²) in [5.41, 5.74) is 0. The fraction of sp³-hybridized carbons (Fsp3) is 0.750. The minimum absolute atomic E-state index is 0.546. The number of alkyl halides is 1. The highest BCUT2D eigenvalue weighted by atomic mass is 35.9. The van der Waals surface area contributed by atoms with Crippen molar-refractivity contribution in [2.45, 2.75) is 6.92 Å². The highest BCUT2D eigenvalue weighted by Crippen LogP contribution is 2.51. The Morgan fingerprint density at radius 1 is 1.58 bits per heavy atom. The van der Waals surface area contributed by atoms with E-state index in [4.69, 9.17) is 28.1 Å². The van der Waals surface area contributed by atoms with E-state index in [1.54, 1.807) is 6.92 Å². The van der Waals surface area contributed by atoms with Crippen molar-refractivity contribution in [2.24, 2.45) is 4.99 Å². The molecule has 0 saturated carbocycles. The lowest BCUT2D eigenvalue weighted by atomic mass is 10.7. The van der Waals surface area contributed by atoms with Gasteiger partial charge in [0.2, 0.25) is 0 Å². The first kappa shape index (κ1) is 15.5. The normalized spacial score (nSPS) is 12.0. The van der Waals surface area contributed by atoms with E-state index in [0.29, 0.717) is 17.6 Å². The van der Waals surface area contributed by atoms with Crippen LogP contribution in [0.3, 0.4) is 0 Å². The Kier molecular flexibility index (Phi) is 11.1. The van der Waals surface area contributed by atoms with Crippen LogP contribution in [0.2, 0.25) is 0 Å². The molecule has 0 atom stereocenters. The van der Waals surface area contributed by atoms with Gasteiger partial charge in [0.05, 0.1) is 11.7 Å². The number of nitrogens with zero attached hydrogens (tertiary/aromatic N) is 1. The van der Waals surface area contributed by atoms with Gasteiger partial charge in [-0.25, -0.2) is 0 Å². The van der Waals surface area contributed by atoms with E-state index >= 15 is 0 Å². The number of rotatable bonds is 2. The third-order valence-electron chi connectivity index (χ3n) is 0.414. The number of hydrogen-bond acceptors (Lipinski definition) is 2. The maximum Gasteiger partial charge on any atom is 0.377 e. The first-order valence-corrected chi connectivity index (χ1v) is 7.10. The van der Waals surface area contributed by atoms with Gasteiger partial charge in [0.15, 0.2) is 0 Å². The van der Waals surface area contributed by atoms with Gasteiger partial charge in [-0.3, -0.25) is 9.56 Å². The minimum atomic E-state index is -3.69. The van der Waals surface area contributed by atoms with Gasteiger partial charge in [-0.05, 0) is 29.4 Å². The molecule has 0 rings (SSSR count). The monoisotopic (exact) mass is 273 g/mol. The largest absolute Gasteiger partial charge is 0.377 e. The van der Waals surface area contributed by atoms with Crippen molar-refractivity contribution in [1.82, 2.24) is 0 Å². The Hall–Kier alpha value is 1.02. The molecular formula is C4H8Cl4NO2P. The molecule has 0 amide bonds. The molecule has 0 fully saturated rings. The van der Waals surface area contributed by atoms with E-state index in [0.717, 1.165) is 0 Å². The molecule has 0 aliphatic carbocycles. The molecule has 3 nitrogen and oxygen atoms in total. The molecule has 1 N–H and O–H groups in total. The van der Waals surface area contributed by atoms with E-state index in [1.807, 2.05) is 0 Å². The lowest BCUT2D eigenvalue weighted by molar-refractivity contribution is 0.512. The number of aliphatic imine (C=N–C) groups is 1. The van der Waals surface area contributed by atoms with E-state index in [2.05, 4.69) is 27.5 Å². The van der Waals surface area contributed by atoms with Crippen LogP contribution in [0.4, 0.5) is 0 Å². The summed E-state index contributed by atoms with van der Waals surface area (Å²) in [7, 11) is 0. The summed E-state index contributed by atoms with van der Waals surface area (Å²) in [6.45, 7) is 2.35. The smallest absolute Gasteiger partial charge is 0.322 e. The van der Waals surface area contributed by atoms with Gasteiger partial charge in [0.25, 0.3) is 0 Å². The fourth-order valence-corrected chi connectivity index (χ4v) is 0.365. The summed E-state index contributed by atoms with van der Waals surface area (Å²) in [5.74, 6) is 0.546. The molecule has 0 aromatic heterocycles. The van der Waals surface area contributed by atoms with Crippen LogP contribution in [0.25, 0.3) is 0 Å². The number of halogens is 4. The molecule has 0 bridgehead atoms. The van der Waals surface area contributed by atoms with Crippen LogP contribution < -0.4 is 0 Å². The van der Waals surface area contributed by atoms with Gasteiger partial charge in [0.1, 0.15) is 0 Å². The molecular weight excluding hydrogens is 267 g/mol. The van der Waals surface area contributed by atoms with Gasteiger partial charge in [0, 0.05) is 5.88 Å². The van der Waals surface area contributed by atoms with E-state index in [-0.39, 0.29) is 0 Å². The standard InChI is InChI=1S/C4H7Cl2N.Cl2HO2P/c1-4(6)7-3-2-5;1-5(2,3)4/h2-3H2,1H3;(H,3,4)/b7-4-;. The molecule has 0 unspecified atom stereocenters. The summed E-state index contributed by atoms with van der Waals surface area (Å²) in [6.07, 6.45) is -3.69. The van der Waals surface area contributed by atoms with Crippen molar-refractivity contribution in [3.05, 3.63) is 0 Å². The van der Waals surface area contributed by atoms with E-state index in [1.165, 1.54) is 0 Å². The summed E-state index contributed by atoms with van der Waals surface area (Å²) in [6, 6.07) is 0. The van der Waals surface area contributed by atoms with Gasteiger partial charge in [-0.2, -0.15) is 0 Å². The van der Waals surface area contributed by atoms with Crippen LogP contribution in [0, 0.1) is 0 Å². The Morgan fingerprint density at radius 2 is 1.92 bits per heavy atom. The Balaban J connectivity index is 0. The lowest BCUT2D eigenvalue weighted by Gasteiger charge is -1.82. The molecule has 12 heavy (non-hydrogen) atoms. The van der Waals surface area contributed by atoms with Crippen LogP contribution in [0.15, 0.2) is 4.99 Å². The molecule has 0 aliphatic rings. The molecule has 0 spiro atoms. The molecule has 74 valence electrons. The summed E-state index contributed by atoms with van der Waals surface area (Å²) in [5, 5.41) is 0.570. The van der Waals surface area contributed by atoms with Crippen LogP contribution in [0.1, 0.15) is 6.92 Å². The van der Waals surface area contributed by atoms with Crippen LogP contribution in [-0.4, -0.2) is 22.5 Å². The zero-order valence-electron chi connectivity index (χ0n) is 6.18. The third kappa shape index (κ3) is 43.9. The fourth-order valence-electron chi connectivity index (χ4n) is 0.196. The average Bonchev–Trinajstić information content (AvgIpc) is 1.79. The zero-order chi connectivity index (χ0) is 10.2. The quantitative estimate of drug-likeness (QED) is 0.476. The van der Waals surface area contributed by atoms with Crippen molar-refractivity contribution in [3.8, 4) is 0 Å². The summed E-state index contributed by atoms with van der Waals surface area (Å²) < 4.78 is 9.30. The maximum atomic E-state index is 9.30. The molecule has 0 aromatic rings. The highest BCUT2D eigenvalue weighted by molar-refractivity contribution is 8.04. The second-order valence-electron chi connectivity index (χ2n) is 1.50. The third-order valence-corrected chi connectivity index (χ3v) is 0.703. The van der Waals surface area contributed by atoms with Crippen molar-refractivity contribution >= 4 is 56.9 Å². The topological polar surface area (TPSA) is 49.7 Å². The SMILES string of the molecule is C/C(Cl)=N/CCCl.O=P(O)(Cl)Cl. The zero-order valence-corrected chi connectivity index (χ0v) is 10.1. The predicted octanol–water partition coefficient (Wildman–Crippen LogP) is 3.45. The van der Waals surface area contributed by atoms with Crippen LogP contribution >= 0.6 is 51.8 Å². The van der Waals surface area contributed by atoms with Gasteiger partial charge >= 0.3 is 6.07 Å². The highest BCUT2D eigenvalue weighted by Gasteiger charge is 2.02. The van der Waals surface area contributed by atoms with Gasteiger partial charge in [-0.1, -0.05) is 11.6 Å². The van der Waals surface area contributed by atoms with Crippen LogP contribution in [0.5, 0.6) is 0 Å². The van der Waals surface area contributed by atoms with Crippen molar-refractivity contribution < 1.29 is 9.46 Å². The predicted molar refractivity (Wildman–Crippen MR) is 56.1 cm³/mol. The molecule has 0 radical (unpaired) electrons. The molecule has 0 aliphatic heterocycles. The van der Waals surface area contributed by atoms with Gasteiger partial charge in [-0.15, -0.1) is 11.6 Å². The van der Waals surface area contributed by atoms with Gasteiger partial charge < -0.3 is 4.89 Å². The molecule has 8 heteroatoms. The van der Waals surface area contributed by atoms with E-state index < -0.39 is 6.07 Å². The minimum Gasteiger partial charge on any atom is -0.322 e. The molecule has 0 saturated heterocycles. The Bertz CT molecular complexity index is 168. The average molecular weight is 275 g/mol. The van der Waals surface area contributed by atoms with Crippen molar-refractivity contribution in [3.63, 3.8) is 0 Å². The maximum absolute atomic E-state index is 9.30. The van der Waals surface area contributed by atoms with E-state index in [9.17, 15) is 4.57 Å². The summed E-state index contributed by atoms with van der Waals surface area (Å²) >= 11 is 19.4. The molecule has 0 aromatic carbocycles. The second-order valence-corrected chi connectivity index (χ2v) is 6.57. The first-order chi connectivity index (χ1) is 5.27. The lowest BCUT2D eigenvalue weighted by Crippen LogP contribution is -1.83. The first-order valence-electron chi connectivity index (χ1n) is 2.72. The number of hydrogen-bond donors (Lipinski definition) is 1. The van der Waals surface area contributed by atoms with Crippen LogP contribution in [-0.2, 0) is 4.57 Å². The van der Waals surface area contributed by atoms with Crippen molar-refractivity contribution in [1.29, 1.82) is 0 Å². The Morgan fingerprint density at radius 3 is 2.00 bits per heavy atom. The molecule has 0 heterocycles.